The SMILES string of the molecule is CP(C)C.[C-]#[O+].[C-]#[O+].[C-]#[O+].[C-]#[O+].[C-]#[O+].[W]. The molecule has 0 aromatic rings. The van der Waals surface area contributed by atoms with E-state index in [9.17, 15) is 0 Å². The second-order valence-electron chi connectivity index (χ2n) is 1.34. The first-order valence-corrected chi connectivity index (χ1v) is 5.05. The van der Waals surface area contributed by atoms with Crippen LogP contribution in [0.5, 0.6) is 0 Å². The van der Waals surface area contributed by atoms with E-state index in [4.69, 9.17) is 23.3 Å². The summed E-state index contributed by atoms with van der Waals surface area (Å²) in [4.78, 5) is 0. The van der Waals surface area contributed by atoms with Gasteiger partial charge in [0, 0.05) is 21.1 Å². The number of hydrogen-bond donors (Lipinski definition) is 0. The summed E-state index contributed by atoms with van der Waals surface area (Å²) < 4.78 is 37.5. The zero-order valence-electron chi connectivity index (χ0n) is 8.40. The van der Waals surface area contributed by atoms with Crippen LogP contribution in [0.1, 0.15) is 0 Å². The average Bonchev–Trinajstić information content (AvgIpc) is 2.30. The van der Waals surface area contributed by atoms with Gasteiger partial charge in [0.05, 0.1) is 0 Å². The monoisotopic (exact) mass is 400 g/mol. The predicted octanol–water partition coefficient (Wildman–Crippen LogP) is 1.17. The topological polar surface area (TPSA) is 99.5 Å². The molecule has 0 unspecified atom stereocenters. The Morgan fingerprint density at radius 3 is 0.533 bits per heavy atom. The quantitative estimate of drug-likeness (QED) is 0.332. The Balaban J connectivity index is -0.0000000105. The first-order valence-electron chi connectivity index (χ1n) is 2.36. The van der Waals surface area contributed by atoms with Crippen LogP contribution in [-0.4, -0.2) is 20.0 Å². The standard InChI is InChI=1S/C3H9P.5CO.W/c1-4(2)3;5*1-2;/h1-3H3;;;;;;. The molecule has 0 fully saturated rings. The Kier molecular flexibility index (Phi) is 882. The van der Waals surface area contributed by atoms with E-state index in [1.807, 2.05) is 0 Å². The zero-order valence-corrected chi connectivity index (χ0v) is 12.2. The molecule has 0 atom stereocenters. The van der Waals surface area contributed by atoms with Gasteiger partial charge in [0.1, 0.15) is 0 Å². The van der Waals surface area contributed by atoms with Crippen molar-refractivity contribution < 1.29 is 44.3 Å². The molecule has 0 rings (SSSR count). The van der Waals surface area contributed by atoms with Gasteiger partial charge in [0.25, 0.3) is 0 Å². The number of hydrogen-bond acceptors (Lipinski definition) is 0. The molecule has 0 spiro atoms. The Labute approximate surface area is 106 Å². The molecular weight excluding hydrogens is 391 g/mol. The third kappa shape index (κ3) is 58500. The molecule has 0 aliphatic heterocycles. The van der Waals surface area contributed by atoms with Gasteiger partial charge in [-0.2, -0.15) is 0 Å². The van der Waals surface area contributed by atoms with E-state index in [0.29, 0.717) is 7.92 Å². The summed E-state index contributed by atoms with van der Waals surface area (Å²) in [5, 5.41) is 0. The van der Waals surface area contributed by atoms with Gasteiger partial charge in [-0.1, -0.05) is 0 Å². The Bertz CT molecular complexity index is 110. The minimum absolute atomic E-state index is 0. The Morgan fingerprint density at radius 1 is 0.533 bits per heavy atom. The normalized spacial score (nSPS) is 3.07. The van der Waals surface area contributed by atoms with Gasteiger partial charge in [-0.05, 0) is 20.0 Å². The summed E-state index contributed by atoms with van der Waals surface area (Å²) in [7, 11) is 0.380. The van der Waals surface area contributed by atoms with Crippen LogP contribution < -0.4 is 0 Å². The minimum atomic E-state index is 0. The second-order valence-corrected chi connectivity index (χ2v) is 4.02. The summed E-state index contributed by atoms with van der Waals surface area (Å²) in [5.41, 5.74) is 0. The minimum Gasteiger partial charge on any atom is 0 e. The second kappa shape index (κ2) is 286. The van der Waals surface area contributed by atoms with Gasteiger partial charge in [-0.25, -0.2) is 0 Å². The van der Waals surface area contributed by atoms with Crippen LogP contribution >= 0.6 is 7.92 Å². The van der Waals surface area contributed by atoms with Gasteiger partial charge in [0.15, 0.2) is 0 Å². The van der Waals surface area contributed by atoms with Crippen LogP contribution in [0.3, 0.4) is 0 Å². The van der Waals surface area contributed by atoms with Crippen molar-refractivity contribution in [3.63, 3.8) is 0 Å². The van der Waals surface area contributed by atoms with E-state index in [1.165, 1.54) is 0 Å². The van der Waals surface area contributed by atoms with Gasteiger partial charge in [-0.15, -0.1) is 7.92 Å². The predicted molar refractivity (Wildman–Crippen MR) is 44.3 cm³/mol. The average molecular weight is 400 g/mol. The molecule has 0 N–H and O–H groups in total. The molecule has 15 heavy (non-hydrogen) atoms. The van der Waals surface area contributed by atoms with E-state index in [2.05, 4.69) is 53.2 Å². The first-order chi connectivity index (χ1) is 6.73. The molecule has 0 heterocycles. The van der Waals surface area contributed by atoms with Crippen LogP contribution in [0, 0.1) is 33.3 Å². The summed E-state index contributed by atoms with van der Waals surface area (Å²) in [6.45, 7) is 29.2. The molecule has 0 bridgehead atoms. The van der Waals surface area contributed by atoms with Gasteiger partial charge in [0.2, 0.25) is 0 Å². The smallest absolute Gasteiger partial charge is 0 e. The van der Waals surface area contributed by atoms with Crippen molar-refractivity contribution in [2.45, 2.75) is 0 Å². The van der Waals surface area contributed by atoms with Crippen LogP contribution in [0.25, 0.3) is 0 Å². The fourth-order valence-electron chi connectivity index (χ4n) is 0. The maximum Gasteiger partial charge on any atom is 0 e. The molecule has 5 nitrogen and oxygen atoms in total. The van der Waals surface area contributed by atoms with E-state index < -0.39 is 0 Å². The third-order valence-electron chi connectivity index (χ3n) is 0. The fourth-order valence-corrected chi connectivity index (χ4v) is 0. The molecule has 0 aromatic heterocycles. The molecule has 0 saturated heterocycles. The van der Waals surface area contributed by atoms with Crippen LogP contribution in [0.4, 0.5) is 0 Å². The van der Waals surface area contributed by atoms with Crippen LogP contribution in [-0.2, 0) is 44.3 Å². The van der Waals surface area contributed by atoms with Gasteiger partial charge < -0.3 is 0 Å². The van der Waals surface area contributed by atoms with Gasteiger partial charge >= 0.3 is 56.5 Å². The molecule has 82 valence electrons. The third-order valence-corrected chi connectivity index (χ3v) is 0. The molecule has 7 heteroatoms. The molecule has 0 aliphatic carbocycles. The van der Waals surface area contributed by atoms with Crippen molar-refractivity contribution in [2.24, 2.45) is 0 Å². The van der Waals surface area contributed by atoms with Crippen molar-refractivity contribution in [3.05, 3.63) is 33.3 Å². The zero-order chi connectivity index (χ0) is 13.6. The molecule has 0 aromatic carbocycles. The van der Waals surface area contributed by atoms with E-state index in [-0.39, 0.29) is 21.1 Å². The maximum atomic E-state index is 7.50. The van der Waals surface area contributed by atoms with Crippen molar-refractivity contribution in [3.8, 4) is 0 Å². The Morgan fingerprint density at radius 2 is 0.533 bits per heavy atom. The first kappa shape index (κ1) is 46.3. The van der Waals surface area contributed by atoms with E-state index >= 15 is 0 Å². The largest absolute Gasteiger partial charge is 0 e. The van der Waals surface area contributed by atoms with Crippen molar-refractivity contribution >= 4 is 7.92 Å². The van der Waals surface area contributed by atoms with Crippen LogP contribution in [0.15, 0.2) is 0 Å². The molecule has 0 aliphatic rings. The van der Waals surface area contributed by atoms with E-state index in [0.717, 1.165) is 0 Å². The van der Waals surface area contributed by atoms with Crippen molar-refractivity contribution in [1.29, 1.82) is 0 Å². The van der Waals surface area contributed by atoms with Crippen molar-refractivity contribution in [2.75, 3.05) is 20.0 Å². The van der Waals surface area contributed by atoms with Crippen LogP contribution in [0.2, 0.25) is 0 Å². The number of rotatable bonds is 0. The summed E-state index contributed by atoms with van der Waals surface area (Å²) >= 11 is 0. The molecule has 0 saturated carbocycles. The fraction of sp³-hybridized carbons (Fsp3) is 0.375. The Hall–Kier alpha value is -0.182. The molecule has 0 radical (unpaired) electrons. The maximum absolute atomic E-state index is 7.50. The summed E-state index contributed by atoms with van der Waals surface area (Å²) in [5.74, 6) is 0. The van der Waals surface area contributed by atoms with Crippen molar-refractivity contribution in [1.82, 2.24) is 0 Å². The molecular formula is C8H9O5PW. The summed E-state index contributed by atoms with van der Waals surface area (Å²) in [6.07, 6.45) is 0. The summed E-state index contributed by atoms with van der Waals surface area (Å²) in [6, 6.07) is 0. The van der Waals surface area contributed by atoms with E-state index in [1.54, 1.807) is 0 Å². The molecule has 0 amide bonds. The van der Waals surface area contributed by atoms with Gasteiger partial charge in [-0.3, -0.25) is 0 Å².